The van der Waals surface area contributed by atoms with Crippen molar-refractivity contribution in [1.29, 1.82) is 0 Å². The van der Waals surface area contributed by atoms with Crippen LogP contribution in [0, 0.1) is 0 Å². The van der Waals surface area contributed by atoms with Gasteiger partial charge >= 0.3 is 0 Å². The predicted molar refractivity (Wildman–Crippen MR) is 51.1 cm³/mol. The quantitative estimate of drug-likeness (QED) is 0.714. The average molecular weight is 175 g/mol. The average Bonchev–Trinajstić information content (AvgIpc) is 2.19. The number of rotatable bonds is 1. The van der Waals surface area contributed by atoms with E-state index in [2.05, 4.69) is 4.98 Å². The van der Waals surface area contributed by atoms with E-state index in [1.165, 1.54) is 7.11 Å². The second-order valence-electron chi connectivity index (χ2n) is 2.73. The highest BCUT2D eigenvalue weighted by Gasteiger charge is 2.02. The number of fused-ring (bicyclic) bond motifs is 1. The molecule has 1 aromatic heterocycles. The number of para-hydroxylation sites is 1. The molecule has 0 saturated heterocycles. The monoisotopic (exact) mass is 175 g/mol. The number of ether oxygens (including phenoxy) is 1. The van der Waals surface area contributed by atoms with Gasteiger partial charge in [-0.2, -0.15) is 0 Å². The molecule has 0 unspecified atom stereocenters. The zero-order chi connectivity index (χ0) is 9.26. The molecule has 1 N–H and O–H groups in total. The highest BCUT2D eigenvalue weighted by molar-refractivity contribution is 5.79. The van der Waals surface area contributed by atoms with Crippen molar-refractivity contribution in [3.8, 4) is 5.75 Å². The minimum atomic E-state index is -0.0724. The fourth-order valence-electron chi connectivity index (χ4n) is 1.30. The van der Waals surface area contributed by atoms with Gasteiger partial charge < -0.3 is 9.72 Å². The molecule has 0 fully saturated rings. The molecule has 3 heteroatoms. The van der Waals surface area contributed by atoms with Gasteiger partial charge in [-0.25, -0.2) is 0 Å². The Balaban J connectivity index is 2.87. The standard InChI is InChI=1S/C10H9NO2/c1-13-9-6-11-8-5-3-2-4-7(8)10(9)12/h2-6H,1H3,(H,11,12). The summed E-state index contributed by atoms with van der Waals surface area (Å²) in [6.07, 6.45) is 1.57. The summed E-state index contributed by atoms with van der Waals surface area (Å²) >= 11 is 0. The lowest BCUT2D eigenvalue weighted by Crippen LogP contribution is -2.06. The van der Waals surface area contributed by atoms with Gasteiger partial charge in [-0.05, 0) is 12.1 Å². The Labute approximate surface area is 75.0 Å². The minimum absolute atomic E-state index is 0.0724. The van der Waals surface area contributed by atoms with Crippen molar-refractivity contribution in [2.75, 3.05) is 7.11 Å². The largest absolute Gasteiger partial charge is 0.491 e. The number of aromatic nitrogens is 1. The minimum Gasteiger partial charge on any atom is -0.491 e. The summed E-state index contributed by atoms with van der Waals surface area (Å²) in [6.45, 7) is 0. The first-order chi connectivity index (χ1) is 6.33. The number of pyridine rings is 1. The van der Waals surface area contributed by atoms with E-state index in [1.54, 1.807) is 12.3 Å². The van der Waals surface area contributed by atoms with Crippen molar-refractivity contribution in [3.05, 3.63) is 40.7 Å². The van der Waals surface area contributed by atoms with Crippen molar-refractivity contribution in [2.45, 2.75) is 0 Å². The topological polar surface area (TPSA) is 42.1 Å². The third kappa shape index (κ3) is 1.18. The molecule has 0 aliphatic rings. The highest BCUT2D eigenvalue weighted by atomic mass is 16.5. The molecule has 13 heavy (non-hydrogen) atoms. The maximum Gasteiger partial charge on any atom is 0.231 e. The number of nitrogens with one attached hydrogen (secondary N) is 1. The third-order valence-electron chi connectivity index (χ3n) is 1.97. The van der Waals surface area contributed by atoms with Crippen LogP contribution in [0.25, 0.3) is 10.9 Å². The van der Waals surface area contributed by atoms with Crippen molar-refractivity contribution in [1.82, 2.24) is 4.98 Å². The SMILES string of the molecule is COc1c[nH]c2ccccc2c1=O. The number of hydrogen-bond acceptors (Lipinski definition) is 2. The number of methoxy groups -OCH3 is 1. The summed E-state index contributed by atoms with van der Waals surface area (Å²) in [5.74, 6) is 0.346. The Bertz CT molecular complexity index is 487. The lowest BCUT2D eigenvalue weighted by Gasteiger charge is -2.00. The Morgan fingerprint density at radius 3 is 2.85 bits per heavy atom. The molecule has 0 amide bonds. The van der Waals surface area contributed by atoms with Gasteiger partial charge in [0.1, 0.15) is 0 Å². The van der Waals surface area contributed by atoms with E-state index in [0.717, 1.165) is 5.52 Å². The van der Waals surface area contributed by atoms with Crippen molar-refractivity contribution < 1.29 is 4.74 Å². The lowest BCUT2D eigenvalue weighted by atomic mass is 10.2. The maximum absolute atomic E-state index is 11.6. The van der Waals surface area contributed by atoms with Gasteiger partial charge in [0.15, 0.2) is 5.75 Å². The maximum atomic E-state index is 11.6. The molecule has 2 aromatic rings. The van der Waals surface area contributed by atoms with E-state index in [9.17, 15) is 4.79 Å². The molecule has 0 bridgehead atoms. The number of H-pyrrole nitrogens is 1. The van der Waals surface area contributed by atoms with Gasteiger partial charge in [0, 0.05) is 17.1 Å². The van der Waals surface area contributed by atoms with E-state index in [1.807, 2.05) is 18.2 Å². The number of hydrogen-bond donors (Lipinski definition) is 1. The third-order valence-corrected chi connectivity index (χ3v) is 1.97. The fourth-order valence-corrected chi connectivity index (χ4v) is 1.30. The van der Waals surface area contributed by atoms with Crippen LogP contribution in [0.1, 0.15) is 0 Å². The Morgan fingerprint density at radius 2 is 2.08 bits per heavy atom. The van der Waals surface area contributed by atoms with E-state index in [-0.39, 0.29) is 5.43 Å². The van der Waals surface area contributed by atoms with Gasteiger partial charge in [0.05, 0.1) is 7.11 Å². The molecule has 2 rings (SSSR count). The summed E-state index contributed by atoms with van der Waals surface area (Å²) < 4.78 is 4.91. The van der Waals surface area contributed by atoms with Crippen molar-refractivity contribution in [3.63, 3.8) is 0 Å². The molecule has 0 aliphatic heterocycles. The molecule has 0 radical (unpaired) electrons. The van der Waals surface area contributed by atoms with Crippen LogP contribution in [-0.4, -0.2) is 12.1 Å². The fraction of sp³-hybridized carbons (Fsp3) is 0.100. The van der Waals surface area contributed by atoms with E-state index in [0.29, 0.717) is 11.1 Å². The summed E-state index contributed by atoms with van der Waals surface area (Å²) in [5.41, 5.74) is 0.755. The summed E-state index contributed by atoms with van der Waals surface area (Å²) in [6, 6.07) is 7.34. The molecule has 1 aromatic carbocycles. The van der Waals surface area contributed by atoms with Crippen LogP contribution in [0.15, 0.2) is 35.3 Å². The molecule has 0 spiro atoms. The molecular weight excluding hydrogens is 166 g/mol. The number of benzene rings is 1. The Hall–Kier alpha value is -1.77. The Kier molecular flexibility index (Phi) is 1.77. The van der Waals surface area contributed by atoms with Gasteiger partial charge in [0.25, 0.3) is 0 Å². The van der Waals surface area contributed by atoms with Gasteiger partial charge in [0.2, 0.25) is 5.43 Å². The van der Waals surface area contributed by atoms with Gasteiger partial charge in [-0.3, -0.25) is 4.79 Å². The second kappa shape index (κ2) is 2.94. The van der Waals surface area contributed by atoms with Crippen LogP contribution >= 0.6 is 0 Å². The summed E-state index contributed by atoms with van der Waals surface area (Å²) in [5, 5.41) is 0.654. The molecule has 66 valence electrons. The second-order valence-corrected chi connectivity index (χ2v) is 2.73. The van der Waals surface area contributed by atoms with Crippen LogP contribution in [0.5, 0.6) is 5.75 Å². The molecular formula is C10H9NO2. The zero-order valence-electron chi connectivity index (χ0n) is 7.20. The molecule has 0 aliphatic carbocycles. The lowest BCUT2D eigenvalue weighted by molar-refractivity contribution is 0.410. The highest BCUT2D eigenvalue weighted by Crippen LogP contribution is 2.10. The van der Waals surface area contributed by atoms with E-state index < -0.39 is 0 Å². The van der Waals surface area contributed by atoms with Crippen molar-refractivity contribution in [2.24, 2.45) is 0 Å². The van der Waals surface area contributed by atoms with Gasteiger partial charge in [-0.15, -0.1) is 0 Å². The van der Waals surface area contributed by atoms with Gasteiger partial charge in [-0.1, -0.05) is 12.1 Å². The first-order valence-electron chi connectivity index (χ1n) is 3.97. The van der Waals surface area contributed by atoms with E-state index >= 15 is 0 Å². The molecule has 0 saturated carbocycles. The van der Waals surface area contributed by atoms with Crippen LogP contribution in [0.4, 0.5) is 0 Å². The number of aromatic amines is 1. The van der Waals surface area contributed by atoms with Crippen LogP contribution in [0.3, 0.4) is 0 Å². The van der Waals surface area contributed by atoms with Crippen LogP contribution < -0.4 is 10.2 Å². The molecule has 3 nitrogen and oxygen atoms in total. The Morgan fingerprint density at radius 1 is 1.31 bits per heavy atom. The molecule has 0 atom stereocenters. The first-order valence-corrected chi connectivity index (χ1v) is 3.97. The smallest absolute Gasteiger partial charge is 0.231 e. The first kappa shape index (κ1) is 7.86. The van der Waals surface area contributed by atoms with Crippen LogP contribution in [-0.2, 0) is 0 Å². The van der Waals surface area contributed by atoms with E-state index in [4.69, 9.17) is 4.74 Å². The molecule has 1 heterocycles. The van der Waals surface area contributed by atoms with Crippen molar-refractivity contribution >= 4 is 10.9 Å². The zero-order valence-corrected chi connectivity index (χ0v) is 7.20. The normalized spacial score (nSPS) is 10.2. The predicted octanol–water partition coefficient (Wildman–Crippen LogP) is 1.54. The summed E-state index contributed by atoms with van der Waals surface area (Å²) in [4.78, 5) is 14.6. The summed E-state index contributed by atoms with van der Waals surface area (Å²) in [7, 11) is 1.49. The van der Waals surface area contributed by atoms with Crippen LogP contribution in [0.2, 0.25) is 0 Å².